The Bertz CT molecular complexity index is 496. The van der Waals surface area contributed by atoms with Crippen molar-refractivity contribution in [3.8, 4) is 5.75 Å². The Morgan fingerprint density at radius 2 is 2.11 bits per heavy atom. The average molecular weight is 247 g/mol. The summed E-state index contributed by atoms with van der Waals surface area (Å²) in [6, 6.07) is 7.96. The van der Waals surface area contributed by atoms with Gasteiger partial charge in [0.05, 0.1) is 0 Å². The lowest BCUT2D eigenvalue weighted by atomic mass is 10.2. The van der Waals surface area contributed by atoms with Gasteiger partial charge in [0.2, 0.25) is 0 Å². The zero-order valence-corrected chi connectivity index (χ0v) is 10.6. The van der Waals surface area contributed by atoms with Crippen LogP contribution < -0.4 is 10.1 Å². The van der Waals surface area contributed by atoms with Crippen molar-refractivity contribution >= 4 is 0 Å². The highest BCUT2D eigenvalue weighted by Crippen LogP contribution is 2.19. The second kappa shape index (κ2) is 6.16. The van der Waals surface area contributed by atoms with Crippen molar-refractivity contribution in [3.63, 3.8) is 0 Å². The first-order valence-electron chi connectivity index (χ1n) is 6.00. The van der Waals surface area contributed by atoms with Crippen LogP contribution in [0.25, 0.3) is 0 Å². The molecule has 96 valence electrons. The van der Waals surface area contributed by atoms with E-state index in [0.717, 1.165) is 35.8 Å². The summed E-state index contributed by atoms with van der Waals surface area (Å²) in [6.45, 7) is 6.02. The number of aryl methyl sites for hydroxylation is 1. The first kappa shape index (κ1) is 12.6. The fourth-order valence-corrected chi connectivity index (χ4v) is 1.58. The number of aromatic nitrogens is 2. The van der Waals surface area contributed by atoms with Crippen molar-refractivity contribution in [2.24, 2.45) is 0 Å². The van der Waals surface area contributed by atoms with Crippen LogP contribution in [0.4, 0.5) is 0 Å². The lowest BCUT2D eigenvalue weighted by Gasteiger charge is -2.10. The van der Waals surface area contributed by atoms with Gasteiger partial charge in [-0.05, 0) is 19.5 Å². The fourth-order valence-electron chi connectivity index (χ4n) is 1.58. The van der Waals surface area contributed by atoms with E-state index in [0.29, 0.717) is 6.61 Å². The van der Waals surface area contributed by atoms with Crippen LogP contribution in [0.15, 0.2) is 28.9 Å². The maximum absolute atomic E-state index is 5.76. The zero-order valence-electron chi connectivity index (χ0n) is 10.6. The van der Waals surface area contributed by atoms with Crippen molar-refractivity contribution in [1.29, 1.82) is 0 Å². The van der Waals surface area contributed by atoms with Crippen LogP contribution >= 0.6 is 0 Å². The molecule has 0 aliphatic rings. The topological polar surface area (TPSA) is 60.2 Å². The smallest absolute Gasteiger partial charge is 0.145 e. The lowest BCUT2D eigenvalue weighted by molar-refractivity contribution is 0.268. The third-order valence-corrected chi connectivity index (χ3v) is 2.65. The van der Waals surface area contributed by atoms with Crippen LogP contribution in [0, 0.1) is 6.92 Å². The number of nitrogens with zero attached hydrogens (tertiary/aromatic N) is 2. The fraction of sp³-hybridized carbons (Fsp3) is 0.385. The molecule has 5 heteroatoms. The monoisotopic (exact) mass is 247 g/mol. The van der Waals surface area contributed by atoms with Crippen LogP contribution in [0.2, 0.25) is 0 Å². The van der Waals surface area contributed by atoms with Crippen molar-refractivity contribution in [2.75, 3.05) is 6.54 Å². The van der Waals surface area contributed by atoms with E-state index in [-0.39, 0.29) is 0 Å². The highest BCUT2D eigenvalue weighted by Gasteiger charge is 2.07. The number of hydrogen-bond donors (Lipinski definition) is 1. The maximum atomic E-state index is 5.76. The molecule has 0 unspecified atom stereocenters. The molecule has 0 aliphatic heterocycles. The first-order chi connectivity index (χ1) is 8.81. The molecule has 0 spiro atoms. The first-order valence-corrected chi connectivity index (χ1v) is 6.00. The van der Waals surface area contributed by atoms with E-state index in [1.54, 1.807) is 0 Å². The van der Waals surface area contributed by atoms with Gasteiger partial charge < -0.3 is 10.1 Å². The quantitative estimate of drug-likeness (QED) is 0.846. The number of benzene rings is 1. The number of ether oxygens (including phenoxy) is 1. The van der Waals surface area contributed by atoms with Gasteiger partial charge in [-0.1, -0.05) is 35.4 Å². The Kier molecular flexibility index (Phi) is 4.30. The standard InChI is InChI=1S/C13H17N3O2/c1-3-14-8-11-6-4-5-7-13(11)17-9-12-10(2)15-18-16-12/h4-7,14H,3,8-9H2,1-2H3. The number of rotatable bonds is 6. The Morgan fingerprint density at radius 3 is 2.83 bits per heavy atom. The molecular formula is C13H17N3O2. The summed E-state index contributed by atoms with van der Waals surface area (Å²) in [5, 5.41) is 10.8. The normalized spacial score (nSPS) is 10.6. The van der Waals surface area contributed by atoms with Gasteiger partial charge in [-0.3, -0.25) is 0 Å². The van der Waals surface area contributed by atoms with Crippen LogP contribution in [0.5, 0.6) is 5.75 Å². The predicted molar refractivity (Wildman–Crippen MR) is 67.2 cm³/mol. The van der Waals surface area contributed by atoms with Crippen LogP contribution in [-0.2, 0) is 13.2 Å². The molecule has 0 amide bonds. The third kappa shape index (κ3) is 3.07. The summed E-state index contributed by atoms with van der Waals surface area (Å²) in [5.41, 5.74) is 2.63. The SMILES string of the molecule is CCNCc1ccccc1OCc1nonc1C. The maximum Gasteiger partial charge on any atom is 0.145 e. The molecular weight excluding hydrogens is 230 g/mol. The molecule has 0 atom stereocenters. The molecule has 0 saturated carbocycles. The third-order valence-electron chi connectivity index (χ3n) is 2.65. The van der Waals surface area contributed by atoms with Crippen molar-refractivity contribution in [2.45, 2.75) is 27.0 Å². The summed E-state index contributed by atoms with van der Waals surface area (Å²) < 4.78 is 10.4. The molecule has 1 heterocycles. The molecule has 0 aliphatic carbocycles. The largest absolute Gasteiger partial charge is 0.487 e. The van der Waals surface area contributed by atoms with Gasteiger partial charge in [0.1, 0.15) is 23.7 Å². The van der Waals surface area contributed by atoms with E-state index in [1.807, 2.05) is 31.2 Å². The van der Waals surface area contributed by atoms with E-state index < -0.39 is 0 Å². The summed E-state index contributed by atoms with van der Waals surface area (Å²) in [7, 11) is 0. The molecule has 2 aromatic rings. The zero-order chi connectivity index (χ0) is 12.8. The summed E-state index contributed by atoms with van der Waals surface area (Å²) in [4.78, 5) is 0. The van der Waals surface area contributed by atoms with Crippen LogP contribution in [-0.4, -0.2) is 16.9 Å². The van der Waals surface area contributed by atoms with Crippen molar-refractivity contribution in [3.05, 3.63) is 41.2 Å². The van der Waals surface area contributed by atoms with E-state index in [9.17, 15) is 0 Å². The average Bonchev–Trinajstić information content (AvgIpc) is 2.80. The molecule has 0 radical (unpaired) electrons. The number of para-hydroxylation sites is 1. The van der Waals surface area contributed by atoms with Gasteiger partial charge in [0.25, 0.3) is 0 Å². The summed E-state index contributed by atoms with van der Waals surface area (Å²) in [6.07, 6.45) is 0. The van der Waals surface area contributed by atoms with E-state index in [1.165, 1.54) is 0 Å². The Morgan fingerprint density at radius 1 is 1.28 bits per heavy atom. The highest BCUT2D eigenvalue weighted by atomic mass is 16.6. The van der Waals surface area contributed by atoms with Gasteiger partial charge >= 0.3 is 0 Å². The lowest BCUT2D eigenvalue weighted by Crippen LogP contribution is -2.12. The molecule has 1 N–H and O–H groups in total. The van der Waals surface area contributed by atoms with Crippen LogP contribution in [0.3, 0.4) is 0 Å². The molecule has 0 fully saturated rings. The summed E-state index contributed by atoms with van der Waals surface area (Å²) in [5.74, 6) is 0.862. The second-order valence-corrected chi connectivity index (χ2v) is 3.97. The molecule has 18 heavy (non-hydrogen) atoms. The molecule has 0 saturated heterocycles. The minimum Gasteiger partial charge on any atom is -0.487 e. The van der Waals surface area contributed by atoms with E-state index in [4.69, 9.17) is 4.74 Å². The predicted octanol–water partition coefficient (Wildman–Crippen LogP) is 2.07. The van der Waals surface area contributed by atoms with Gasteiger partial charge in [0.15, 0.2) is 0 Å². The molecule has 1 aromatic heterocycles. The number of nitrogens with one attached hydrogen (secondary N) is 1. The molecule has 1 aromatic carbocycles. The molecule has 5 nitrogen and oxygen atoms in total. The van der Waals surface area contributed by atoms with E-state index in [2.05, 4.69) is 27.2 Å². The Hall–Kier alpha value is -1.88. The van der Waals surface area contributed by atoms with Crippen molar-refractivity contribution in [1.82, 2.24) is 15.6 Å². The number of hydrogen-bond acceptors (Lipinski definition) is 5. The Labute approximate surface area is 106 Å². The van der Waals surface area contributed by atoms with E-state index >= 15 is 0 Å². The minimum absolute atomic E-state index is 0.373. The second-order valence-electron chi connectivity index (χ2n) is 3.97. The highest BCUT2D eigenvalue weighted by molar-refractivity contribution is 5.33. The molecule has 2 rings (SSSR count). The van der Waals surface area contributed by atoms with Gasteiger partial charge in [0, 0.05) is 12.1 Å². The van der Waals surface area contributed by atoms with Crippen LogP contribution in [0.1, 0.15) is 23.9 Å². The van der Waals surface area contributed by atoms with Gasteiger partial charge in [-0.15, -0.1) is 0 Å². The van der Waals surface area contributed by atoms with Crippen molar-refractivity contribution < 1.29 is 9.37 Å². The Balaban J connectivity index is 2.02. The molecule has 0 bridgehead atoms. The minimum atomic E-state index is 0.373. The van der Waals surface area contributed by atoms with Gasteiger partial charge in [-0.25, -0.2) is 4.63 Å². The van der Waals surface area contributed by atoms with Gasteiger partial charge in [-0.2, -0.15) is 0 Å². The summed E-state index contributed by atoms with van der Waals surface area (Å²) >= 11 is 0.